The molecule has 2 saturated heterocycles. The van der Waals surface area contributed by atoms with Gasteiger partial charge in [-0.25, -0.2) is 0 Å². The highest BCUT2D eigenvalue weighted by Crippen LogP contribution is 2.22. The molecular weight excluding hydrogens is 1420 g/mol. The van der Waals surface area contributed by atoms with Gasteiger partial charge in [0.25, 0.3) is 0 Å². The maximum absolute atomic E-state index is 13.4. The van der Waals surface area contributed by atoms with E-state index in [2.05, 4.69) is 0 Å². The molecule has 4 rings (SSSR count). The van der Waals surface area contributed by atoms with Crippen molar-refractivity contribution in [1.29, 1.82) is 0 Å². The fraction of sp³-hybridized carbons (Fsp3) is 0.722. The van der Waals surface area contributed by atoms with Crippen LogP contribution >= 0.6 is 0 Å². The second kappa shape index (κ2) is 55.5. The number of carboxylic acids is 4. The Bertz CT molecular complexity index is 2780. The number of methoxy groups -OCH3 is 4. The maximum Gasteiger partial charge on any atom is 0.325 e. The number of carboxylic acid groups (broad SMARTS) is 4. The monoisotopic (exact) mass is 1540 g/mol. The van der Waals surface area contributed by atoms with Gasteiger partial charge in [0, 0.05) is 118 Å². The molecule has 2 heterocycles. The molecule has 0 radical (unpaired) electrons. The Morgan fingerprint density at radius 2 is 0.519 bits per heavy atom. The minimum absolute atomic E-state index is 0.0204. The minimum Gasteiger partial charge on any atom is -0.491 e. The standard InChI is InChI=1S/C38H64N4O14.C34H56N4O14/c1-6-54-22-23-55-24-25-56-30-12-10-29(11-13-30)8-7-9-31(35(46)50-2)39-14-16-40(32(26-43)36(47)51-3)18-20-42(34(28-45)38(49)53-5)21-19-41(17-15-39)33(27-44)37(48)52-4;1-2-50-18-19-51-20-21-52-26-8-6-25(7-9-26)4-3-5-27(31(42)43)35-10-12-36(28(22-39)32(44)45)14-16-38(30(24-41)34(48)49)17-15-37(13-11-35)29(23-40)33(46)47/h10-13,31-34,43-45H,6-9,14-28H2,1-5H3;6-9,27-30,39-41H,2-5,10-24H2,1H3,(H,42,43)(H,44,45)(H,46,47)(H,48,49)/t31-,32-,33-,34+;27-,28-,29-,30+/m00/s1. The Kier molecular flexibility index (Phi) is 48.9. The highest BCUT2D eigenvalue weighted by atomic mass is 16.6. The number of esters is 4. The summed E-state index contributed by atoms with van der Waals surface area (Å²) in [7, 11) is 4.98. The van der Waals surface area contributed by atoms with Crippen molar-refractivity contribution >= 4 is 47.8 Å². The van der Waals surface area contributed by atoms with Gasteiger partial charge in [-0.3, -0.25) is 77.6 Å². The van der Waals surface area contributed by atoms with Crippen LogP contribution in [0.1, 0.15) is 50.7 Å². The van der Waals surface area contributed by atoms with E-state index in [0.717, 1.165) is 11.1 Å². The zero-order valence-electron chi connectivity index (χ0n) is 63.5. The summed E-state index contributed by atoms with van der Waals surface area (Å²) < 4.78 is 53.1. The highest BCUT2D eigenvalue weighted by molar-refractivity contribution is 5.78. The van der Waals surface area contributed by atoms with Crippen LogP contribution in [0, 0.1) is 0 Å². The quantitative estimate of drug-likeness (QED) is 0.0183. The first kappa shape index (κ1) is 95.3. The van der Waals surface area contributed by atoms with Crippen LogP contribution in [0.15, 0.2) is 48.5 Å². The maximum atomic E-state index is 13.4. The summed E-state index contributed by atoms with van der Waals surface area (Å²) in [6.45, 7) is 6.00. The minimum atomic E-state index is -1.38. The normalized spacial score (nSPS) is 18.0. The van der Waals surface area contributed by atoms with Gasteiger partial charge in [-0.15, -0.1) is 0 Å². The number of aliphatic hydroxyl groups is 6. The zero-order valence-corrected chi connectivity index (χ0v) is 63.5. The van der Waals surface area contributed by atoms with Gasteiger partial charge in [-0.2, -0.15) is 0 Å². The van der Waals surface area contributed by atoms with E-state index >= 15 is 0 Å². The zero-order chi connectivity index (χ0) is 79.8. The third-order valence-corrected chi connectivity index (χ3v) is 18.9. The van der Waals surface area contributed by atoms with Crippen LogP contribution in [-0.2, 0) is 89.1 Å². The van der Waals surface area contributed by atoms with Gasteiger partial charge >= 0.3 is 47.8 Å². The number of rotatable bonds is 46. The van der Waals surface area contributed by atoms with E-state index in [-0.39, 0.29) is 111 Å². The van der Waals surface area contributed by atoms with E-state index in [0.29, 0.717) is 110 Å². The van der Waals surface area contributed by atoms with Crippen LogP contribution in [0.4, 0.5) is 0 Å². The third-order valence-electron chi connectivity index (χ3n) is 18.9. The first-order valence-electron chi connectivity index (χ1n) is 36.6. The molecule has 0 saturated carbocycles. The van der Waals surface area contributed by atoms with Crippen LogP contribution in [0.5, 0.6) is 11.5 Å². The molecule has 0 unspecified atom stereocenters. The van der Waals surface area contributed by atoms with E-state index in [4.69, 9.17) is 47.4 Å². The molecule has 2 aliphatic heterocycles. The average molecular weight is 1550 g/mol. The largest absolute Gasteiger partial charge is 0.491 e. The second-order valence-corrected chi connectivity index (χ2v) is 25.3. The molecule has 0 aliphatic carbocycles. The number of hydrogen-bond acceptors (Lipinski definition) is 32. The second-order valence-electron chi connectivity index (χ2n) is 25.3. The lowest BCUT2D eigenvalue weighted by Crippen LogP contribution is -2.57. The number of nitrogens with zero attached hydrogens (tertiary/aromatic N) is 8. The van der Waals surface area contributed by atoms with Crippen molar-refractivity contribution in [2.45, 2.75) is 101 Å². The van der Waals surface area contributed by atoms with E-state index in [1.165, 1.54) is 43.1 Å². The Hall–Kier alpha value is -6.92. The van der Waals surface area contributed by atoms with Crippen LogP contribution in [-0.4, -0.2) is 425 Å². The van der Waals surface area contributed by atoms with Crippen molar-refractivity contribution in [3.8, 4) is 11.5 Å². The number of aliphatic hydroxyl groups excluding tert-OH is 6. The fourth-order valence-electron chi connectivity index (χ4n) is 12.6. The van der Waals surface area contributed by atoms with Crippen molar-refractivity contribution in [3.63, 3.8) is 0 Å². The first-order chi connectivity index (χ1) is 52.1. The average Bonchev–Trinajstić information content (AvgIpc) is 0.841. The molecule has 10 N–H and O–H groups in total. The molecule has 36 heteroatoms. The topological polar surface area (TPSA) is 457 Å². The first-order valence-corrected chi connectivity index (χ1v) is 36.6. The number of aliphatic carboxylic acids is 4. The third kappa shape index (κ3) is 34.1. The molecule has 2 aliphatic rings. The molecule has 2 aromatic rings. The molecule has 616 valence electrons. The van der Waals surface area contributed by atoms with Gasteiger partial charge < -0.3 is 98.4 Å². The molecule has 108 heavy (non-hydrogen) atoms. The fourth-order valence-corrected chi connectivity index (χ4v) is 12.6. The lowest BCUT2D eigenvalue weighted by Gasteiger charge is -2.39. The van der Waals surface area contributed by atoms with E-state index in [1.807, 2.05) is 67.3 Å². The molecule has 8 atom stereocenters. The lowest BCUT2D eigenvalue weighted by molar-refractivity contribution is -0.153. The van der Waals surface area contributed by atoms with Crippen molar-refractivity contribution in [2.75, 3.05) is 239 Å². The highest BCUT2D eigenvalue weighted by Gasteiger charge is 2.38. The summed E-state index contributed by atoms with van der Waals surface area (Å²) in [4.78, 5) is 113. The van der Waals surface area contributed by atoms with Gasteiger partial charge in [0.2, 0.25) is 0 Å². The molecular formula is C72H120N8O28. The summed E-state index contributed by atoms with van der Waals surface area (Å²) in [6.07, 6.45) is 2.93. The van der Waals surface area contributed by atoms with Crippen LogP contribution < -0.4 is 9.47 Å². The summed E-state index contributed by atoms with van der Waals surface area (Å²) in [6, 6.07) is 6.11. The number of benzene rings is 2. The summed E-state index contributed by atoms with van der Waals surface area (Å²) >= 11 is 0. The van der Waals surface area contributed by atoms with Gasteiger partial charge in [-0.1, -0.05) is 24.3 Å². The Balaban J connectivity index is 0.000000562. The molecule has 0 spiro atoms. The van der Waals surface area contributed by atoms with Crippen molar-refractivity contribution < 1.29 is 137 Å². The van der Waals surface area contributed by atoms with Crippen molar-refractivity contribution in [1.82, 2.24) is 39.2 Å². The molecule has 36 nitrogen and oxygen atoms in total. The molecule has 0 amide bonds. The van der Waals surface area contributed by atoms with E-state index < -0.39 is 136 Å². The van der Waals surface area contributed by atoms with Crippen LogP contribution in [0.25, 0.3) is 0 Å². The predicted molar refractivity (Wildman–Crippen MR) is 388 cm³/mol. The van der Waals surface area contributed by atoms with Crippen molar-refractivity contribution in [3.05, 3.63) is 59.7 Å². The molecule has 0 bridgehead atoms. The summed E-state index contributed by atoms with van der Waals surface area (Å²) in [5.41, 5.74) is 2.01. The van der Waals surface area contributed by atoms with E-state index in [9.17, 15) is 89.4 Å². The Morgan fingerprint density at radius 3 is 0.759 bits per heavy atom. The Morgan fingerprint density at radius 1 is 0.306 bits per heavy atom. The molecule has 0 aromatic heterocycles. The molecule has 2 fully saturated rings. The number of aryl methyl sites for hydroxylation is 2. The number of hydrogen-bond donors (Lipinski definition) is 10. The summed E-state index contributed by atoms with van der Waals surface area (Å²) in [5, 5.41) is 100. The van der Waals surface area contributed by atoms with Gasteiger partial charge in [0.05, 0.1) is 108 Å². The predicted octanol–water partition coefficient (Wildman–Crippen LogP) is -2.74. The smallest absolute Gasteiger partial charge is 0.325 e. The number of carbonyl (C=O) groups is 8. The Labute approximate surface area is 632 Å². The number of ether oxygens (including phenoxy) is 10. The number of carbonyl (C=O) groups excluding carboxylic acids is 4. The van der Waals surface area contributed by atoms with Gasteiger partial charge in [-0.05, 0) is 87.8 Å². The van der Waals surface area contributed by atoms with E-state index in [1.54, 1.807) is 19.6 Å². The summed E-state index contributed by atoms with van der Waals surface area (Å²) in [5.74, 6) is -6.18. The van der Waals surface area contributed by atoms with Crippen LogP contribution in [0.3, 0.4) is 0 Å². The van der Waals surface area contributed by atoms with Gasteiger partial charge in [0.15, 0.2) is 0 Å². The van der Waals surface area contributed by atoms with Gasteiger partial charge in [0.1, 0.15) is 73.0 Å². The lowest BCUT2D eigenvalue weighted by atomic mass is 10.0. The van der Waals surface area contributed by atoms with Crippen LogP contribution in [0.2, 0.25) is 0 Å². The van der Waals surface area contributed by atoms with Crippen molar-refractivity contribution in [2.24, 2.45) is 0 Å². The molecule has 2 aromatic carbocycles. The SMILES string of the molecule is CCOCCOCCOc1ccc(CCC[C@@H](C(=O)O)N2CCN([C@@H](CO)C(=O)O)CCN([C@H](CO)C(=O)O)CCN([C@@H](CO)C(=O)O)CC2)cc1.CCOCCOCCOc1ccc(CCC[C@@H](C(=O)OC)N2CCN([C@@H](CO)C(=O)OC)CCN([C@H](CO)C(=O)OC)CCN([C@@H](CO)C(=O)OC)CC2)cc1.